The molecule has 7 nitrogen and oxygen atoms in total. The Kier molecular flexibility index (Phi) is 3.65. The summed E-state index contributed by atoms with van der Waals surface area (Å²) in [4.78, 5) is 30.3. The average molecular weight is 316 g/mol. The van der Waals surface area contributed by atoms with E-state index in [4.69, 9.17) is 4.74 Å². The number of nitrogens with zero attached hydrogens (tertiary/aromatic N) is 1. The van der Waals surface area contributed by atoms with Crippen molar-refractivity contribution in [2.45, 2.75) is 18.1 Å². The van der Waals surface area contributed by atoms with E-state index in [0.29, 0.717) is 17.2 Å². The van der Waals surface area contributed by atoms with Crippen molar-refractivity contribution in [2.24, 2.45) is 0 Å². The van der Waals surface area contributed by atoms with E-state index in [9.17, 15) is 18.0 Å². The Morgan fingerprint density at radius 3 is 2.65 bits per heavy atom. The zero-order chi connectivity index (χ0) is 15.1. The predicted octanol–water partition coefficient (Wildman–Crippen LogP) is 0.873. The Bertz CT molecular complexity index is 848. The summed E-state index contributed by atoms with van der Waals surface area (Å²) in [7, 11) is -3.64. The first kappa shape index (κ1) is 14.7. The molecule has 1 N–H and O–H groups in total. The largest absolute Gasteiger partial charge is 0.462 e. The van der Waals surface area contributed by atoms with E-state index < -0.39 is 21.4 Å². The van der Waals surface area contributed by atoms with Crippen molar-refractivity contribution < 1.29 is 17.9 Å². The van der Waals surface area contributed by atoms with Crippen molar-refractivity contribution in [3.8, 4) is 0 Å². The number of aromatic nitrogens is 2. The highest BCUT2D eigenvalue weighted by Gasteiger charge is 2.26. The number of aryl methyl sites for hydroxylation is 1. The molecule has 0 radical (unpaired) electrons. The first-order valence-electron chi connectivity index (χ1n) is 5.66. The number of aromatic amines is 1. The van der Waals surface area contributed by atoms with E-state index in [1.165, 1.54) is 0 Å². The first-order valence-corrected chi connectivity index (χ1v) is 8.37. The average Bonchev–Trinajstić information content (AvgIpc) is 2.68. The summed E-state index contributed by atoms with van der Waals surface area (Å²) in [5, 5.41) is -0.0915. The maximum atomic E-state index is 12.0. The van der Waals surface area contributed by atoms with Crippen molar-refractivity contribution >= 4 is 38.0 Å². The molecule has 2 aromatic heterocycles. The summed E-state index contributed by atoms with van der Waals surface area (Å²) in [6.07, 6.45) is 0.979. The molecule has 0 bridgehead atoms. The van der Waals surface area contributed by atoms with Gasteiger partial charge in [-0.3, -0.25) is 4.79 Å². The quantitative estimate of drug-likeness (QED) is 0.842. The molecule has 0 atom stereocenters. The van der Waals surface area contributed by atoms with Crippen LogP contribution >= 0.6 is 11.3 Å². The van der Waals surface area contributed by atoms with Gasteiger partial charge in [0.15, 0.2) is 9.84 Å². The molecule has 0 aromatic carbocycles. The van der Waals surface area contributed by atoms with Crippen LogP contribution in [-0.4, -0.2) is 37.2 Å². The van der Waals surface area contributed by atoms with E-state index in [-0.39, 0.29) is 26.6 Å². The molecule has 0 unspecified atom stereocenters. The molecule has 0 spiro atoms. The second-order valence-corrected chi connectivity index (χ2v) is 7.32. The normalized spacial score (nSPS) is 11.8. The number of fused-ring (bicyclic) bond motifs is 1. The number of esters is 1. The molecule has 0 saturated carbocycles. The van der Waals surface area contributed by atoms with Crippen molar-refractivity contribution in [3.63, 3.8) is 0 Å². The van der Waals surface area contributed by atoms with Gasteiger partial charge in [0.1, 0.15) is 20.4 Å². The van der Waals surface area contributed by atoms with Gasteiger partial charge in [0.2, 0.25) is 0 Å². The zero-order valence-electron chi connectivity index (χ0n) is 11.0. The summed E-state index contributed by atoms with van der Waals surface area (Å²) >= 11 is 0.706. The highest BCUT2D eigenvalue weighted by atomic mass is 32.2. The number of nitrogens with one attached hydrogen (secondary N) is 1. The molecule has 20 heavy (non-hydrogen) atoms. The number of H-pyrrole nitrogens is 1. The molecule has 0 fully saturated rings. The minimum atomic E-state index is -3.64. The second kappa shape index (κ2) is 4.98. The molecular formula is C11H12N2O5S2. The topological polar surface area (TPSA) is 106 Å². The van der Waals surface area contributed by atoms with Gasteiger partial charge < -0.3 is 9.72 Å². The van der Waals surface area contributed by atoms with Gasteiger partial charge in [0, 0.05) is 6.26 Å². The molecule has 0 aliphatic heterocycles. The fourth-order valence-corrected chi connectivity index (χ4v) is 4.01. The number of hydrogen-bond donors (Lipinski definition) is 1. The van der Waals surface area contributed by atoms with Gasteiger partial charge in [-0.2, -0.15) is 0 Å². The molecule has 9 heteroatoms. The van der Waals surface area contributed by atoms with Crippen LogP contribution in [0.2, 0.25) is 0 Å². The van der Waals surface area contributed by atoms with E-state index in [1.54, 1.807) is 13.8 Å². The van der Waals surface area contributed by atoms with Crippen LogP contribution in [0.1, 0.15) is 22.4 Å². The van der Waals surface area contributed by atoms with Gasteiger partial charge in [-0.05, 0) is 13.8 Å². The fourth-order valence-electron chi connectivity index (χ4n) is 1.73. The monoisotopic (exact) mass is 316 g/mol. The summed E-state index contributed by atoms with van der Waals surface area (Å²) in [6, 6.07) is 0. The molecule has 0 amide bonds. The van der Waals surface area contributed by atoms with E-state index in [0.717, 1.165) is 6.26 Å². The zero-order valence-corrected chi connectivity index (χ0v) is 12.6. The number of ether oxygens (including phenoxy) is 1. The molecule has 0 aliphatic rings. The van der Waals surface area contributed by atoms with Crippen LogP contribution in [0.15, 0.2) is 9.00 Å². The minimum Gasteiger partial charge on any atom is -0.462 e. The Morgan fingerprint density at radius 2 is 2.10 bits per heavy atom. The highest BCUT2D eigenvalue weighted by Crippen LogP contribution is 2.31. The van der Waals surface area contributed by atoms with Gasteiger partial charge in [-0.1, -0.05) is 0 Å². The molecule has 2 heterocycles. The van der Waals surface area contributed by atoms with Gasteiger partial charge in [0.25, 0.3) is 5.56 Å². The van der Waals surface area contributed by atoms with E-state index in [1.807, 2.05) is 0 Å². The maximum absolute atomic E-state index is 12.0. The Morgan fingerprint density at radius 1 is 1.45 bits per heavy atom. The summed E-state index contributed by atoms with van der Waals surface area (Å²) in [6.45, 7) is 3.33. The lowest BCUT2D eigenvalue weighted by atomic mass is 10.3. The fraction of sp³-hybridized carbons (Fsp3) is 0.364. The van der Waals surface area contributed by atoms with Crippen molar-refractivity contribution in [2.75, 3.05) is 12.9 Å². The predicted molar refractivity (Wildman–Crippen MR) is 74.0 cm³/mol. The SMILES string of the molecule is CCOC(=O)c1sc(S(C)(=O)=O)c2c(=O)[nH]c(C)nc12. The third kappa shape index (κ3) is 2.46. The molecule has 2 aromatic rings. The molecule has 0 saturated heterocycles. The van der Waals surface area contributed by atoms with Crippen molar-refractivity contribution in [3.05, 3.63) is 21.1 Å². The first-order chi connectivity index (χ1) is 9.25. The third-order valence-corrected chi connectivity index (χ3v) is 5.44. The molecular weight excluding hydrogens is 304 g/mol. The van der Waals surface area contributed by atoms with Gasteiger partial charge in [0.05, 0.1) is 12.0 Å². The summed E-state index contributed by atoms with van der Waals surface area (Å²) in [5.41, 5.74) is -0.519. The summed E-state index contributed by atoms with van der Waals surface area (Å²) in [5.74, 6) is -0.388. The summed E-state index contributed by atoms with van der Waals surface area (Å²) < 4.78 is 28.2. The molecule has 108 valence electrons. The van der Waals surface area contributed by atoms with Crippen LogP contribution in [0, 0.1) is 6.92 Å². The molecule has 2 rings (SSSR count). The maximum Gasteiger partial charge on any atom is 0.350 e. The lowest BCUT2D eigenvalue weighted by Gasteiger charge is -1.99. The number of rotatable bonds is 3. The number of sulfone groups is 1. The van der Waals surface area contributed by atoms with Gasteiger partial charge in [-0.15, -0.1) is 11.3 Å². The highest BCUT2D eigenvalue weighted by molar-refractivity contribution is 7.93. The van der Waals surface area contributed by atoms with Gasteiger partial charge in [-0.25, -0.2) is 18.2 Å². The van der Waals surface area contributed by atoms with Crippen molar-refractivity contribution in [1.82, 2.24) is 9.97 Å². The number of carbonyl (C=O) groups is 1. The standard InChI is InChI=1S/C11H12N2O5S2/c1-4-18-10(15)8-7-6(9(14)13-5(2)12-7)11(19-8)20(3,16)17/h4H2,1-3H3,(H,12,13,14). The number of thiophene rings is 1. The van der Waals surface area contributed by atoms with Crippen LogP contribution in [0.5, 0.6) is 0 Å². The lowest BCUT2D eigenvalue weighted by Crippen LogP contribution is -2.12. The third-order valence-electron chi connectivity index (χ3n) is 2.45. The van der Waals surface area contributed by atoms with Gasteiger partial charge >= 0.3 is 5.97 Å². The Labute approximate surface area is 118 Å². The Balaban J connectivity index is 2.91. The number of hydrogen-bond acceptors (Lipinski definition) is 7. The van der Waals surface area contributed by atoms with E-state index in [2.05, 4.69) is 9.97 Å². The Hall–Kier alpha value is -1.74. The second-order valence-electron chi connectivity index (χ2n) is 4.09. The van der Waals surface area contributed by atoms with Crippen LogP contribution in [0.25, 0.3) is 10.9 Å². The van der Waals surface area contributed by atoms with Crippen LogP contribution in [0.3, 0.4) is 0 Å². The van der Waals surface area contributed by atoms with Crippen molar-refractivity contribution in [1.29, 1.82) is 0 Å². The molecule has 0 aliphatic carbocycles. The van der Waals surface area contributed by atoms with E-state index >= 15 is 0 Å². The smallest absolute Gasteiger partial charge is 0.350 e. The van der Waals surface area contributed by atoms with Crippen LogP contribution in [0.4, 0.5) is 0 Å². The number of carbonyl (C=O) groups excluding carboxylic acids is 1. The lowest BCUT2D eigenvalue weighted by molar-refractivity contribution is 0.0534. The van der Waals surface area contributed by atoms with Crippen LogP contribution < -0.4 is 5.56 Å². The minimum absolute atomic E-state index is 0.0245. The van der Waals surface area contributed by atoms with Crippen LogP contribution in [-0.2, 0) is 14.6 Å².